The topological polar surface area (TPSA) is 67.4 Å². The quantitative estimate of drug-likeness (QED) is 0.832. The molecular formula is C11H18N2O3S2. The first-order valence-electron chi connectivity index (χ1n) is 5.91. The van der Waals surface area contributed by atoms with Gasteiger partial charge in [0.1, 0.15) is 4.21 Å². The van der Waals surface area contributed by atoms with E-state index in [9.17, 15) is 8.42 Å². The van der Waals surface area contributed by atoms with E-state index < -0.39 is 10.0 Å². The van der Waals surface area contributed by atoms with Gasteiger partial charge in [-0.2, -0.15) is 0 Å². The number of thiophene rings is 1. The molecule has 7 heteroatoms. The van der Waals surface area contributed by atoms with Crippen LogP contribution in [0.15, 0.2) is 16.3 Å². The van der Waals surface area contributed by atoms with Crippen LogP contribution in [0, 0.1) is 0 Å². The van der Waals surface area contributed by atoms with Gasteiger partial charge in [0.2, 0.25) is 10.0 Å². The van der Waals surface area contributed by atoms with Gasteiger partial charge in [0.15, 0.2) is 0 Å². The Labute approximate surface area is 112 Å². The fraction of sp³-hybridized carbons (Fsp3) is 0.636. The molecule has 1 aromatic heterocycles. The second-order valence-electron chi connectivity index (χ2n) is 4.23. The predicted octanol–water partition coefficient (Wildman–Crippen LogP) is 0.576. The Hall–Kier alpha value is -0.470. The van der Waals surface area contributed by atoms with Crippen molar-refractivity contribution in [3.8, 4) is 0 Å². The van der Waals surface area contributed by atoms with Crippen LogP contribution in [0.2, 0.25) is 0 Å². The molecule has 5 nitrogen and oxygen atoms in total. The number of nitrogens with one attached hydrogen (secondary N) is 2. The SMILES string of the molecule is CCc1ccc(S(=O)(=O)N[C@H]2CNC[C@@H]2OC)s1. The lowest BCUT2D eigenvalue weighted by Crippen LogP contribution is -2.43. The van der Waals surface area contributed by atoms with Crippen molar-refractivity contribution in [3.05, 3.63) is 17.0 Å². The minimum Gasteiger partial charge on any atom is -0.378 e. The second-order valence-corrected chi connectivity index (χ2v) is 7.34. The molecule has 1 aromatic rings. The van der Waals surface area contributed by atoms with Crippen molar-refractivity contribution < 1.29 is 13.2 Å². The van der Waals surface area contributed by atoms with Gasteiger partial charge in [-0.3, -0.25) is 0 Å². The number of ether oxygens (including phenoxy) is 1. The highest BCUT2D eigenvalue weighted by molar-refractivity contribution is 7.91. The lowest BCUT2D eigenvalue weighted by molar-refractivity contribution is 0.103. The summed E-state index contributed by atoms with van der Waals surface area (Å²) >= 11 is 1.32. The Morgan fingerprint density at radius 3 is 2.89 bits per heavy atom. The lowest BCUT2D eigenvalue weighted by atomic mass is 10.2. The van der Waals surface area contributed by atoms with Crippen LogP contribution in [0.4, 0.5) is 0 Å². The summed E-state index contributed by atoms with van der Waals surface area (Å²) in [6.45, 7) is 3.29. The molecular weight excluding hydrogens is 272 g/mol. The molecule has 1 fully saturated rings. The molecule has 0 radical (unpaired) electrons. The largest absolute Gasteiger partial charge is 0.378 e. The number of methoxy groups -OCH3 is 1. The molecule has 0 amide bonds. The number of hydrogen-bond donors (Lipinski definition) is 2. The summed E-state index contributed by atoms with van der Waals surface area (Å²) < 4.78 is 32.7. The summed E-state index contributed by atoms with van der Waals surface area (Å²) in [5.74, 6) is 0. The lowest BCUT2D eigenvalue weighted by Gasteiger charge is -2.17. The molecule has 0 aliphatic carbocycles. The van der Waals surface area contributed by atoms with Crippen LogP contribution < -0.4 is 10.0 Å². The summed E-state index contributed by atoms with van der Waals surface area (Å²) in [6.07, 6.45) is 0.747. The van der Waals surface area contributed by atoms with E-state index >= 15 is 0 Å². The van der Waals surface area contributed by atoms with Gasteiger partial charge in [-0.05, 0) is 18.6 Å². The van der Waals surface area contributed by atoms with Crippen molar-refractivity contribution in [2.24, 2.45) is 0 Å². The Bertz CT molecular complexity index is 498. The van der Waals surface area contributed by atoms with Crippen LogP contribution in [-0.4, -0.2) is 40.8 Å². The van der Waals surface area contributed by atoms with E-state index in [4.69, 9.17) is 4.74 Å². The molecule has 2 N–H and O–H groups in total. The van der Waals surface area contributed by atoms with Crippen LogP contribution in [0.5, 0.6) is 0 Å². The monoisotopic (exact) mass is 290 g/mol. The fourth-order valence-corrected chi connectivity index (χ4v) is 4.55. The number of hydrogen-bond acceptors (Lipinski definition) is 5. The molecule has 0 bridgehead atoms. The Kier molecular flexibility index (Phi) is 4.39. The van der Waals surface area contributed by atoms with E-state index in [1.54, 1.807) is 13.2 Å². The van der Waals surface area contributed by atoms with Gasteiger partial charge in [0.05, 0.1) is 12.1 Å². The average Bonchev–Trinajstić information content (AvgIpc) is 2.96. The fourth-order valence-electron chi connectivity index (χ4n) is 1.97. The van der Waals surface area contributed by atoms with E-state index in [0.29, 0.717) is 17.3 Å². The maximum atomic E-state index is 12.2. The van der Waals surface area contributed by atoms with E-state index in [1.165, 1.54) is 11.3 Å². The average molecular weight is 290 g/mol. The van der Waals surface area contributed by atoms with Crippen molar-refractivity contribution in [1.29, 1.82) is 0 Å². The van der Waals surface area contributed by atoms with E-state index in [0.717, 1.165) is 11.3 Å². The van der Waals surface area contributed by atoms with Crippen molar-refractivity contribution >= 4 is 21.4 Å². The van der Waals surface area contributed by atoms with Gasteiger partial charge in [-0.1, -0.05) is 6.92 Å². The zero-order chi connectivity index (χ0) is 13.2. The highest BCUT2D eigenvalue weighted by atomic mass is 32.2. The van der Waals surface area contributed by atoms with Crippen LogP contribution in [-0.2, 0) is 21.2 Å². The summed E-state index contributed by atoms with van der Waals surface area (Å²) in [6, 6.07) is 3.32. The van der Waals surface area contributed by atoms with Gasteiger partial charge in [-0.15, -0.1) is 11.3 Å². The Morgan fingerprint density at radius 1 is 1.50 bits per heavy atom. The second kappa shape index (κ2) is 5.66. The van der Waals surface area contributed by atoms with E-state index in [2.05, 4.69) is 10.0 Å². The van der Waals surface area contributed by atoms with Crippen LogP contribution in [0.1, 0.15) is 11.8 Å². The third-order valence-electron chi connectivity index (χ3n) is 3.02. The molecule has 1 aliphatic rings. The smallest absolute Gasteiger partial charge is 0.250 e. The van der Waals surface area contributed by atoms with Crippen molar-refractivity contribution in [3.63, 3.8) is 0 Å². The normalized spacial score (nSPS) is 24.6. The van der Waals surface area contributed by atoms with Gasteiger partial charge in [0.25, 0.3) is 0 Å². The Morgan fingerprint density at radius 2 is 2.28 bits per heavy atom. The molecule has 102 valence electrons. The van der Waals surface area contributed by atoms with E-state index in [-0.39, 0.29) is 12.1 Å². The molecule has 0 saturated carbocycles. The summed E-state index contributed by atoms with van der Waals surface area (Å²) in [5, 5.41) is 3.12. The molecule has 1 aliphatic heterocycles. The van der Waals surface area contributed by atoms with E-state index in [1.807, 2.05) is 13.0 Å². The predicted molar refractivity (Wildman–Crippen MR) is 71.5 cm³/mol. The van der Waals surface area contributed by atoms with Crippen molar-refractivity contribution in [1.82, 2.24) is 10.0 Å². The van der Waals surface area contributed by atoms with Gasteiger partial charge >= 0.3 is 0 Å². The first-order valence-corrected chi connectivity index (χ1v) is 8.21. The number of rotatable bonds is 5. The molecule has 2 rings (SSSR count). The minimum absolute atomic E-state index is 0.106. The molecule has 18 heavy (non-hydrogen) atoms. The zero-order valence-electron chi connectivity index (χ0n) is 10.5. The number of sulfonamides is 1. The van der Waals surface area contributed by atoms with Crippen LogP contribution in [0.3, 0.4) is 0 Å². The highest BCUT2D eigenvalue weighted by Crippen LogP contribution is 2.22. The molecule has 2 heterocycles. The van der Waals surface area contributed by atoms with Crippen LogP contribution in [0.25, 0.3) is 0 Å². The van der Waals surface area contributed by atoms with Gasteiger partial charge in [-0.25, -0.2) is 13.1 Å². The van der Waals surface area contributed by atoms with Crippen molar-refractivity contribution in [2.45, 2.75) is 29.7 Å². The molecule has 1 saturated heterocycles. The van der Waals surface area contributed by atoms with Crippen LogP contribution >= 0.6 is 11.3 Å². The highest BCUT2D eigenvalue weighted by Gasteiger charge is 2.31. The standard InChI is InChI=1S/C11H18N2O3S2/c1-3-8-4-5-11(17-8)18(14,15)13-9-6-12-7-10(9)16-2/h4-5,9-10,12-13H,3,6-7H2,1-2H3/t9-,10-/m0/s1. The first kappa shape index (κ1) is 14.0. The molecule has 2 atom stereocenters. The summed E-state index contributed by atoms with van der Waals surface area (Å²) in [4.78, 5) is 1.07. The summed E-state index contributed by atoms with van der Waals surface area (Å²) in [5.41, 5.74) is 0. The Balaban J connectivity index is 2.11. The minimum atomic E-state index is -3.43. The molecule has 0 aromatic carbocycles. The zero-order valence-corrected chi connectivity index (χ0v) is 12.1. The third kappa shape index (κ3) is 2.92. The number of aryl methyl sites for hydroxylation is 1. The van der Waals surface area contributed by atoms with Gasteiger partial charge < -0.3 is 10.1 Å². The molecule has 0 unspecified atom stereocenters. The maximum Gasteiger partial charge on any atom is 0.250 e. The first-order chi connectivity index (χ1) is 8.56. The van der Waals surface area contributed by atoms with Gasteiger partial charge in [0, 0.05) is 25.1 Å². The van der Waals surface area contributed by atoms with Crippen molar-refractivity contribution in [2.75, 3.05) is 20.2 Å². The summed E-state index contributed by atoms with van der Waals surface area (Å²) in [7, 11) is -1.83. The maximum absolute atomic E-state index is 12.2. The third-order valence-corrected chi connectivity index (χ3v) is 6.23. The molecule has 0 spiro atoms.